The van der Waals surface area contributed by atoms with Crippen LogP contribution in [0.5, 0.6) is 0 Å². The van der Waals surface area contributed by atoms with E-state index in [2.05, 4.69) is 5.32 Å². The lowest BCUT2D eigenvalue weighted by Gasteiger charge is -2.32. The summed E-state index contributed by atoms with van der Waals surface area (Å²) in [5.41, 5.74) is 2.75. The lowest BCUT2D eigenvalue weighted by Crippen LogP contribution is -2.39. The molecule has 2 fully saturated rings. The Morgan fingerprint density at radius 1 is 1.15 bits per heavy atom. The second-order valence-electron chi connectivity index (χ2n) is 7.60. The van der Waals surface area contributed by atoms with Gasteiger partial charge in [-0.3, -0.25) is 4.79 Å². The van der Waals surface area contributed by atoms with Crippen LogP contribution in [0.4, 0.5) is 0 Å². The molecule has 1 amide bonds. The number of benzene rings is 1. The molecule has 0 atom stereocenters. The number of halogens is 1. The maximum absolute atomic E-state index is 13.2. The number of carbonyl (C=O) groups excluding carboxylic acids is 1. The standard InChI is InChI=1S/C21H28N4O.ClH/c1-22-12-9-16-10-13-24(14-11-16)21(26)20-15-19(17-7-8-17)23-25(20)18-5-3-2-4-6-18;/h2-6,15-17,22H,7-14H2,1H3;1H. The zero-order valence-corrected chi connectivity index (χ0v) is 16.8. The van der Waals surface area contributed by atoms with Crippen LogP contribution in [0.15, 0.2) is 36.4 Å². The maximum atomic E-state index is 13.2. The summed E-state index contributed by atoms with van der Waals surface area (Å²) in [5, 5.41) is 8.00. The predicted octanol–water partition coefficient (Wildman–Crippen LogP) is 3.63. The third-order valence-electron chi connectivity index (χ3n) is 5.65. The molecule has 1 aromatic carbocycles. The van der Waals surface area contributed by atoms with Crippen LogP contribution in [0, 0.1) is 5.92 Å². The fourth-order valence-electron chi connectivity index (χ4n) is 3.83. The van der Waals surface area contributed by atoms with Gasteiger partial charge in [0.15, 0.2) is 0 Å². The lowest BCUT2D eigenvalue weighted by atomic mass is 9.93. The molecule has 4 rings (SSSR count). The van der Waals surface area contributed by atoms with E-state index in [1.807, 2.05) is 53.0 Å². The summed E-state index contributed by atoms with van der Waals surface area (Å²) in [4.78, 5) is 15.2. The van der Waals surface area contributed by atoms with E-state index in [0.29, 0.717) is 11.6 Å². The van der Waals surface area contributed by atoms with Crippen molar-refractivity contribution in [1.82, 2.24) is 20.0 Å². The smallest absolute Gasteiger partial charge is 0.272 e. The Labute approximate surface area is 167 Å². The molecule has 1 aliphatic carbocycles. The number of piperidine rings is 1. The van der Waals surface area contributed by atoms with Crippen LogP contribution < -0.4 is 5.32 Å². The SMILES string of the molecule is CNCCC1CCN(C(=O)c2cc(C3CC3)nn2-c2ccccc2)CC1.Cl. The van der Waals surface area contributed by atoms with Gasteiger partial charge in [-0.25, -0.2) is 4.68 Å². The Balaban J connectivity index is 0.00000210. The predicted molar refractivity (Wildman–Crippen MR) is 110 cm³/mol. The summed E-state index contributed by atoms with van der Waals surface area (Å²) in [6.07, 6.45) is 5.78. The van der Waals surface area contributed by atoms with Gasteiger partial charge in [0, 0.05) is 19.0 Å². The van der Waals surface area contributed by atoms with Crippen LogP contribution in [-0.2, 0) is 0 Å². The van der Waals surface area contributed by atoms with Crippen LogP contribution in [0.1, 0.15) is 54.2 Å². The van der Waals surface area contributed by atoms with Crippen molar-refractivity contribution in [1.29, 1.82) is 0 Å². The largest absolute Gasteiger partial charge is 0.337 e. The van der Waals surface area contributed by atoms with E-state index in [1.54, 1.807) is 0 Å². The minimum atomic E-state index is 0. The first-order chi connectivity index (χ1) is 12.8. The van der Waals surface area contributed by atoms with Crippen molar-refractivity contribution in [3.05, 3.63) is 47.8 Å². The van der Waals surface area contributed by atoms with Crippen molar-refractivity contribution in [2.24, 2.45) is 5.92 Å². The van der Waals surface area contributed by atoms with Gasteiger partial charge in [-0.15, -0.1) is 12.4 Å². The van der Waals surface area contributed by atoms with Crippen LogP contribution in [0.2, 0.25) is 0 Å². The Morgan fingerprint density at radius 2 is 1.85 bits per heavy atom. The number of likely N-dealkylation sites (tertiary alicyclic amines) is 1. The van der Waals surface area contributed by atoms with Crippen molar-refractivity contribution in [3.8, 4) is 5.69 Å². The molecule has 2 aromatic rings. The molecule has 27 heavy (non-hydrogen) atoms. The first-order valence-corrected chi connectivity index (χ1v) is 9.85. The zero-order chi connectivity index (χ0) is 17.9. The monoisotopic (exact) mass is 388 g/mol. The Hall–Kier alpha value is -1.85. The highest BCUT2D eigenvalue weighted by molar-refractivity contribution is 5.93. The van der Waals surface area contributed by atoms with Gasteiger partial charge in [0.1, 0.15) is 5.69 Å². The topological polar surface area (TPSA) is 50.2 Å². The highest BCUT2D eigenvalue weighted by atomic mass is 35.5. The first-order valence-electron chi connectivity index (χ1n) is 9.85. The molecule has 1 saturated carbocycles. The number of nitrogens with zero attached hydrogens (tertiary/aromatic N) is 3. The van der Waals surface area contributed by atoms with E-state index in [4.69, 9.17) is 5.10 Å². The number of hydrogen-bond acceptors (Lipinski definition) is 3. The Kier molecular flexibility index (Phi) is 6.55. The second kappa shape index (κ2) is 8.89. The molecule has 6 heteroatoms. The maximum Gasteiger partial charge on any atom is 0.272 e. The number of hydrogen-bond donors (Lipinski definition) is 1. The molecule has 1 aliphatic heterocycles. The normalized spacial score (nSPS) is 17.6. The van der Waals surface area contributed by atoms with Gasteiger partial charge in [-0.2, -0.15) is 5.10 Å². The number of amides is 1. The van der Waals surface area contributed by atoms with Crippen molar-refractivity contribution in [2.75, 3.05) is 26.7 Å². The lowest BCUT2D eigenvalue weighted by molar-refractivity contribution is 0.0678. The molecule has 0 spiro atoms. The highest BCUT2D eigenvalue weighted by Crippen LogP contribution is 2.40. The van der Waals surface area contributed by atoms with E-state index in [0.717, 1.165) is 49.8 Å². The van der Waals surface area contributed by atoms with Crippen LogP contribution in [0.3, 0.4) is 0 Å². The van der Waals surface area contributed by atoms with E-state index < -0.39 is 0 Å². The molecule has 0 bridgehead atoms. The molecule has 0 radical (unpaired) electrons. The number of aromatic nitrogens is 2. The second-order valence-corrected chi connectivity index (χ2v) is 7.60. The highest BCUT2D eigenvalue weighted by Gasteiger charge is 2.31. The van der Waals surface area contributed by atoms with Crippen molar-refractivity contribution in [3.63, 3.8) is 0 Å². The van der Waals surface area contributed by atoms with Crippen LogP contribution in [0.25, 0.3) is 5.69 Å². The van der Waals surface area contributed by atoms with Gasteiger partial charge < -0.3 is 10.2 Å². The van der Waals surface area contributed by atoms with Crippen LogP contribution in [-0.4, -0.2) is 47.3 Å². The van der Waals surface area contributed by atoms with Gasteiger partial charge in [0.2, 0.25) is 0 Å². The molecular weight excluding hydrogens is 360 g/mol. The molecule has 1 aromatic heterocycles. The fourth-order valence-corrected chi connectivity index (χ4v) is 3.83. The van der Waals surface area contributed by atoms with Gasteiger partial charge in [-0.1, -0.05) is 18.2 Å². The quantitative estimate of drug-likeness (QED) is 0.822. The Morgan fingerprint density at radius 3 is 2.48 bits per heavy atom. The van der Waals surface area contributed by atoms with E-state index in [1.165, 1.54) is 19.3 Å². The van der Waals surface area contributed by atoms with Gasteiger partial charge in [-0.05, 0) is 69.8 Å². The summed E-state index contributed by atoms with van der Waals surface area (Å²) >= 11 is 0. The van der Waals surface area contributed by atoms with Gasteiger partial charge >= 0.3 is 0 Å². The minimum Gasteiger partial charge on any atom is -0.337 e. The third kappa shape index (κ3) is 4.53. The van der Waals surface area contributed by atoms with Crippen molar-refractivity contribution in [2.45, 2.75) is 38.0 Å². The average Bonchev–Trinajstić information content (AvgIpc) is 3.45. The van der Waals surface area contributed by atoms with E-state index >= 15 is 0 Å². The van der Waals surface area contributed by atoms with E-state index in [9.17, 15) is 4.79 Å². The number of nitrogens with one attached hydrogen (secondary N) is 1. The molecular formula is C21H29ClN4O. The summed E-state index contributed by atoms with van der Waals surface area (Å²) in [6, 6.07) is 12.0. The third-order valence-corrected chi connectivity index (χ3v) is 5.65. The van der Waals surface area contributed by atoms with Crippen LogP contribution >= 0.6 is 12.4 Å². The Bertz CT molecular complexity index is 749. The fraction of sp³-hybridized carbons (Fsp3) is 0.524. The molecule has 2 heterocycles. The molecule has 5 nitrogen and oxygen atoms in total. The molecule has 1 N–H and O–H groups in total. The van der Waals surface area contributed by atoms with Crippen molar-refractivity contribution < 1.29 is 4.79 Å². The summed E-state index contributed by atoms with van der Waals surface area (Å²) in [7, 11) is 2.00. The van der Waals surface area contributed by atoms with E-state index in [-0.39, 0.29) is 18.3 Å². The number of carbonyl (C=O) groups is 1. The number of para-hydroxylation sites is 1. The average molecular weight is 389 g/mol. The minimum absolute atomic E-state index is 0. The summed E-state index contributed by atoms with van der Waals surface area (Å²) in [5.74, 6) is 1.40. The van der Waals surface area contributed by atoms with Crippen molar-refractivity contribution >= 4 is 18.3 Å². The zero-order valence-electron chi connectivity index (χ0n) is 15.9. The summed E-state index contributed by atoms with van der Waals surface area (Å²) in [6.45, 7) is 2.77. The molecule has 146 valence electrons. The molecule has 1 saturated heterocycles. The number of rotatable bonds is 6. The van der Waals surface area contributed by atoms with Gasteiger partial charge in [0.05, 0.1) is 11.4 Å². The van der Waals surface area contributed by atoms with Gasteiger partial charge in [0.25, 0.3) is 5.91 Å². The molecule has 0 unspecified atom stereocenters. The molecule has 2 aliphatic rings. The summed E-state index contributed by atoms with van der Waals surface area (Å²) < 4.78 is 1.85. The first kappa shape index (κ1) is 19.9.